The molecule has 1 aromatic carbocycles. The van der Waals surface area contributed by atoms with Gasteiger partial charge < -0.3 is 9.47 Å². The van der Waals surface area contributed by atoms with Crippen molar-refractivity contribution in [1.82, 2.24) is 9.38 Å². The van der Waals surface area contributed by atoms with Crippen LogP contribution in [0.5, 0.6) is 5.75 Å². The Morgan fingerprint density at radius 2 is 2.17 bits per heavy atom. The number of fused-ring (bicyclic) bond motifs is 3. The van der Waals surface area contributed by atoms with E-state index >= 15 is 0 Å². The molecule has 23 heavy (non-hydrogen) atoms. The van der Waals surface area contributed by atoms with Crippen LogP contribution in [0.2, 0.25) is 0 Å². The van der Waals surface area contributed by atoms with Gasteiger partial charge in [0.2, 0.25) is 0 Å². The van der Waals surface area contributed by atoms with E-state index in [1.54, 1.807) is 19.1 Å². The van der Waals surface area contributed by atoms with E-state index in [1.165, 1.54) is 21.9 Å². The van der Waals surface area contributed by atoms with Gasteiger partial charge in [-0.15, -0.1) is 0 Å². The van der Waals surface area contributed by atoms with Crippen molar-refractivity contribution in [3.8, 4) is 5.75 Å². The maximum atomic E-state index is 12.6. The maximum Gasteiger partial charge on any atom is 0.345 e. The summed E-state index contributed by atoms with van der Waals surface area (Å²) in [5, 5.41) is 0. The van der Waals surface area contributed by atoms with Crippen LogP contribution in [-0.4, -0.2) is 28.1 Å². The molecule has 2 aromatic heterocycles. The third-order valence-electron chi connectivity index (χ3n) is 3.17. The zero-order chi connectivity index (χ0) is 16.6. The van der Waals surface area contributed by atoms with Crippen molar-refractivity contribution in [2.75, 3.05) is 6.61 Å². The molecule has 0 bridgehead atoms. The van der Waals surface area contributed by atoms with Gasteiger partial charge in [0.1, 0.15) is 11.3 Å². The van der Waals surface area contributed by atoms with E-state index in [9.17, 15) is 9.59 Å². The molecule has 0 saturated carbocycles. The minimum Gasteiger partial charge on any atom is -0.491 e. The van der Waals surface area contributed by atoms with Gasteiger partial charge >= 0.3 is 5.97 Å². The minimum absolute atomic E-state index is 0.0634. The summed E-state index contributed by atoms with van der Waals surface area (Å²) in [5.74, 6) is 0.0798. The maximum absolute atomic E-state index is 12.6. The number of ether oxygens (including phenoxy) is 2. The average molecular weight is 332 g/mol. The topological polar surface area (TPSA) is 69.9 Å². The molecule has 0 unspecified atom stereocenters. The van der Waals surface area contributed by atoms with Crippen LogP contribution in [0.4, 0.5) is 0 Å². The van der Waals surface area contributed by atoms with Gasteiger partial charge in [0, 0.05) is 0 Å². The number of hydrogen-bond donors (Lipinski definition) is 0. The quantitative estimate of drug-likeness (QED) is 0.687. The lowest BCUT2D eigenvalue weighted by molar-refractivity contribution is 0.0523. The van der Waals surface area contributed by atoms with E-state index < -0.39 is 11.5 Å². The fourth-order valence-electron chi connectivity index (χ4n) is 2.28. The number of thiazole rings is 1. The lowest BCUT2D eigenvalue weighted by atomic mass is 10.3. The van der Waals surface area contributed by atoms with Crippen molar-refractivity contribution in [3.63, 3.8) is 0 Å². The highest BCUT2D eigenvalue weighted by Crippen LogP contribution is 2.28. The highest BCUT2D eigenvalue weighted by molar-refractivity contribution is 7.23. The number of rotatable bonds is 4. The van der Waals surface area contributed by atoms with Gasteiger partial charge in [0.05, 0.1) is 29.1 Å². The Bertz CT molecular complexity index is 942. The summed E-state index contributed by atoms with van der Waals surface area (Å²) < 4.78 is 12.9. The summed E-state index contributed by atoms with van der Waals surface area (Å²) in [6, 6.07) is 5.48. The van der Waals surface area contributed by atoms with Gasteiger partial charge in [0.25, 0.3) is 5.56 Å². The number of aromatic nitrogens is 2. The Hall–Kier alpha value is -2.41. The Morgan fingerprint density at radius 1 is 1.39 bits per heavy atom. The predicted molar refractivity (Wildman–Crippen MR) is 88.6 cm³/mol. The lowest BCUT2D eigenvalue weighted by Crippen LogP contribution is -2.23. The van der Waals surface area contributed by atoms with Gasteiger partial charge in [-0.25, -0.2) is 9.78 Å². The van der Waals surface area contributed by atoms with Gasteiger partial charge in [-0.1, -0.05) is 11.3 Å². The number of hydrogen-bond acceptors (Lipinski definition) is 6. The molecule has 0 aliphatic heterocycles. The van der Waals surface area contributed by atoms with Crippen LogP contribution in [0.15, 0.2) is 29.2 Å². The lowest BCUT2D eigenvalue weighted by Gasteiger charge is -2.09. The first-order chi connectivity index (χ1) is 11.0. The Kier molecular flexibility index (Phi) is 4.04. The van der Waals surface area contributed by atoms with Gasteiger partial charge in [-0.05, 0) is 39.0 Å². The Balaban J connectivity index is 2.19. The molecular formula is C16H16N2O4S. The number of nitrogens with zero attached hydrogens (tertiary/aromatic N) is 2. The van der Waals surface area contributed by atoms with E-state index in [1.807, 2.05) is 19.9 Å². The van der Waals surface area contributed by atoms with Crippen LogP contribution in [0.3, 0.4) is 0 Å². The molecule has 0 aliphatic rings. The molecule has 3 aromatic rings. The number of esters is 1. The molecular weight excluding hydrogens is 316 g/mol. The number of carbonyl (C=O) groups is 1. The Labute approximate surface area is 136 Å². The summed E-state index contributed by atoms with van der Waals surface area (Å²) in [5.41, 5.74) is 0.216. The van der Waals surface area contributed by atoms with Crippen molar-refractivity contribution in [3.05, 3.63) is 40.3 Å². The number of carbonyl (C=O) groups excluding carboxylic acids is 1. The second kappa shape index (κ2) is 6.00. The molecule has 0 atom stereocenters. The molecule has 0 amide bonds. The van der Waals surface area contributed by atoms with Crippen LogP contribution in [0, 0.1) is 0 Å². The highest BCUT2D eigenvalue weighted by Gasteiger charge is 2.17. The molecule has 7 heteroatoms. The van der Waals surface area contributed by atoms with Crippen molar-refractivity contribution < 1.29 is 14.3 Å². The molecule has 3 rings (SSSR count). The van der Waals surface area contributed by atoms with Crippen LogP contribution in [-0.2, 0) is 4.74 Å². The van der Waals surface area contributed by atoms with E-state index in [-0.39, 0.29) is 18.3 Å². The Morgan fingerprint density at radius 3 is 2.87 bits per heavy atom. The molecule has 6 nitrogen and oxygen atoms in total. The average Bonchev–Trinajstić information content (AvgIpc) is 2.85. The second-order valence-corrected chi connectivity index (χ2v) is 6.22. The van der Waals surface area contributed by atoms with E-state index in [0.717, 1.165) is 10.4 Å². The van der Waals surface area contributed by atoms with Crippen molar-refractivity contribution in [1.29, 1.82) is 0 Å². The van der Waals surface area contributed by atoms with Crippen LogP contribution >= 0.6 is 11.3 Å². The summed E-state index contributed by atoms with van der Waals surface area (Å²) in [7, 11) is 0. The third-order valence-corrected chi connectivity index (χ3v) is 4.19. The highest BCUT2D eigenvalue weighted by atomic mass is 32.1. The van der Waals surface area contributed by atoms with E-state index in [0.29, 0.717) is 10.5 Å². The largest absolute Gasteiger partial charge is 0.491 e. The minimum atomic E-state index is -0.654. The zero-order valence-corrected chi connectivity index (χ0v) is 13.8. The molecule has 2 heterocycles. The van der Waals surface area contributed by atoms with Gasteiger partial charge in [-0.3, -0.25) is 9.20 Å². The fraction of sp³-hybridized carbons (Fsp3) is 0.312. The molecule has 0 radical (unpaired) electrons. The normalized spacial score (nSPS) is 11.3. The number of benzene rings is 1. The SMILES string of the molecule is CCOC(=O)c1cnc2sc3cc(OC(C)C)ccc3n2c1=O. The molecule has 120 valence electrons. The van der Waals surface area contributed by atoms with Crippen LogP contribution in [0.1, 0.15) is 31.1 Å². The van der Waals surface area contributed by atoms with Crippen molar-refractivity contribution in [2.24, 2.45) is 0 Å². The standard InChI is InChI=1S/C16H16N2O4S/c1-4-21-15(20)11-8-17-16-18(14(11)19)12-6-5-10(22-9(2)3)7-13(12)23-16/h5-9H,4H2,1-3H3. The van der Waals surface area contributed by atoms with Crippen LogP contribution < -0.4 is 10.3 Å². The first-order valence-electron chi connectivity index (χ1n) is 7.29. The summed E-state index contributed by atoms with van der Waals surface area (Å²) in [6.45, 7) is 5.80. The third kappa shape index (κ3) is 2.79. The van der Waals surface area contributed by atoms with Gasteiger partial charge in [-0.2, -0.15) is 0 Å². The smallest absolute Gasteiger partial charge is 0.345 e. The van der Waals surface area contributed by atoms with Gasteiger partial charge in [0.15, 0.2) is 4.96 Å². The molecule has 0 saturated heterocycles. The first-order valence-corrected chi connectivity index (χ1v) is 8.11. The molecule has 0 spiro atoms. The molecule has 0 N–H and O–H groups in total. The molecule has 0 aliphatic carbocycles. The monoisotopic (exact) mass is 332 g/mol. The molecule has 0 fully saturated rings. The summed E-state index contributed by atoms with van der Waals surface area (Å²) in [6.07, 6.45) is 1.34. The predicted octanol–water partition coefficient (Wildman–Crippen LogP) is 2.87. The summed E-state index contributed by atoms with van der Waals surface area (Å²) in [4.78, 5) is 29.2. The fourth-order valence-corrected chi connectivity index (χ4v) is 3.29. The first kappa shape index (κ1) is 15.5. The van der Waals surface area contributed by atoms with E-state index in [4.69, 9.17) is 9.47 Å². The second-order valence-electron chi connectivity index (χ2n) is 5.21. The van der Waals surface area contributed by atoms with Crippen LogP contribution in [0.25, 0.3) is 15.2 Å². The van der Waals surface area contributed by atoms with Crippen molar-refractivity contribution in [2.45, 2.75) is 26.9 Å². The van der Waals surface area contributed by atoms with E-state index in [2.05, 4.69) is 4.98 Å². The zero-order valence-electron chi connectivity index (χ0n) is 13.0. The van der Waals surface area contributed by atoms with Crippen molar-refractivity contribution >= 4 is 32.5 Å². The summed E-state index contributed by atoms with van der Waals surface area (Å²) >= 11 is 1.37.